The van der Waals surface area contributed by atoms with Gasteiger partial charge in [-0.15, -0.1) is 0 Å². The Labute approximate surface area is 120 Å². The van der Waals surface area contributed by atoms with Crippen LogP contribution in [0.4, 0.5) is 13.2 Å². The molecule has 21 heavy (non-hydrogen) atoms. The molecule has 1 unspecified atom stereocenters. The number of carboxylic acid groups (broad SMARTS) is 1. The predicted molar refractivity (Wildman–Crippen MR) is 69.9 cm³/mol. The van der Waals surface area contributed by atoms with E-state index in [1.807, 2.05) is 0 Å². The molecule has 0 aliphatic carbocycles. The van der Waals surface area contributed by atoms with Gasteiger partial charge in [-0.2, -0.15) is 13.2 Å². The fraction of sp³-hybridized carbons (Fsp3) is 0.429. The van der Waals surface area contributed by atoms with E-state index in [1.165, 1.54) is 12.1 Å². The van der Waals surface area contributed by atoms with E-state index < -0.39 is 23.6 Å². The third kappa shape index (κ3) is 5.85. The first kappa shape index (κ1) is 17.0. The third-order valence-electron chi connectivity index (χ3n) is 2.86. The molecular weight excluding hydrogens is 287 g/mol. The number of aliphatic carboxylic acids is 1. The quantitative estimate of drug-likeness (QED) is 0.848. The first-order chi connectivity index (χ1) is 9.70. The second-order valence-electron chi connectivity index (χ2n) is 4.74. The smallest absolute Gasteiger partial charge is 0.416 e. The van der Waals surface area contributed by atoms with Crippen LogP contribution < -0.4 is 5.32 Å². The average Bonchev–Trinajstić information content (AvgIpc) is 2.37. The molecule has 0 aliphatic heterocycles. The van der Waals surface area contributed by atoms with Crippen LogP contribution in [0.5, 0.6) is 0 Å². The van der Waals surface area contributed by atoms with E-state index in [9.17, 15) is 22.8 Å². The highest BCUT2D eigenvalue weighted by atomic mass is 19.4. The maximum Gasteiger partial charge on any atom is 0.416 e. The van der Waals surface area contributed by atoms with Crippen molar-refractivity contribution >= 4 is 11.9 Å². The lowest BCUT2D eigenvalue weighted by Gasteiger charge is -2.14. The van der Waals surface area contributed by atoms with Gasteiger partial charge in [0, 0.05) is 18.0 Å². The Hall–Kier alpha value is -2.05. The number of halogens is 3. The summed E-state index contributed by atoms with van der Waals surface area (Å²) in [5.41, 5.74) is -0.955. The topological polar surface area (TPSA) is 66.4 Å². The summed E-state index contributed by atoms with van der Waals surface area (Å²) >= 11 is 0. The van der Waals surface area contributed by atoms with Crippen molar-refractivity contribution in [3.05, 3.63) is 35.4 Å². The van der Waals surface area contributed by atoms with Gasteiger partial charge < -0.3 is 10.4 Å². The lowest BCUT2D eigenvalue weighted by Crippen LogP contribution is -2.32. The van der Waals surface area contributed by atoms with Gasteiger partial charge >= 0.3 is 12.1 Å². The second-order valence-corrected chi connectivity index (χ2v) is 4.74. The molecule has 0 saturated carbocycles. The number of benzene rings is 1. The zero-order valence-electron chi connectivity index (χ0n) is 11.4. The molecule has 7 heteroatoms. The Balaban J connectivity index is 2.61. The highest BCUT2D eigenvalue weighted by Gasteiger charge is 2.30. The molecule has 1 aromatic carbocycles. The molecule has 0 saturated heterocycles. The molecule has 116 valence electrons. The second kappa shape index (κ2) is 7.10. The van der Waals surface area contributed by atoms with Gasteiger partial charge in [0.15, 0.2) is 0 Å². The number of carbonyl (C=O) groups is 2. The maximum atomic E-state index is 12.5. The first-order valence-corrected chi connectivity index (χ1v) is 6.40. The molecule has 1 amide bonds. The van der Waals surface area contributed by atoms with E-state index in [2.05, 4.69) is 5.32 Å². The highest BCUT2D eigenvalue weighted by molar-refractivity contribution is 5.94. The van der Waals surface area contributed by atoms with Gasteiger partial charge in [-0.25, -0.2) is 0 Å². The summed E-state index contributed by atoms with van der Waals surface area (Å²) in [4.78, 5) is 22.2. The van der Waals surface area contributed by atoms with Crippen molar-refractivity contribution in [1.82, 2.24) is 5.32 Å². The summed E-state index contributed by atoms with van der Waals surface area (Å²) < 4.78 is 37.6. The average molecular weight is 303 g/mol. The number of rotatable bonds is 6. The normalized spacial score (nSPS) is 12.8. The summed E-state index contributed by atoms with van der Waals surface area (Å²) in [5.74, 6) is -1.53. The molecule has 2 N–H and O–H groups in total. The van der Waals surface area contributed by atoms with Crippen molar-refractivity contribution in [2.45, 2.75) is 38.4 Å². The monoisotopic (exact) mass is 303 g/mol. The van der Waals surface area contributed by atoms with Crippen molar-refractivity contribution in [3.8, 4) is 0 Å². The maximum absolute atomic E-state index is 12.5. The van der Waals surface area contributed by atoms with E-state index in [1.54, 1.807) is 6.92 Å². The van der Waals surface area contributed by atoms with Crippen molar-refractivity contribution in [2.24, 2.45) is 0 Å². The number of nitrogens with one attached hydrogen (secondary N) is 1. The Kier molecular flexibility index (Phi) is 5.75. The summed E-state index contributed by atoms with van der Waals surface area (Å²) in [5, 5.41) is 11.0. The van der Waals surface area contributed by atoms with Gasteiger partial charge in [0.2, 0.25) is 0 Å². The molecule has 0 spiro atoms. The molecule has 1 aromatic rings. The van der Waals surface area contributed by atoms with Crippen LogP contribution in [0.1, 0.15) is 42.1 Å². The summed E-state index contributed by atoms with van der Waals surface area (Å²) in [6.07, 6.45) is -3.68. The molecule has 0 bridgehead atoms. The van der Waals surface area contributed by atoms with Crippen molar-refractivity contribution in [1.29, 1.82) is 0 Å². The number of amides is 1. The van der Waals surface area contributed by atoms with Crippen molar-refractivity contribution in [3.63, 3.8) is 0 Å². The van der Waals surface area contributed by atoms with Crippen molar-refractivity contribution < 1.29 is 27.9 Å². The van der Waals surface area contributed by atoms with Gasteiger partial charge in [-0.05, 0) is 38.0 Å². The van der Waals surface area contributed by atoms with Gasteiger partial charge in [-0.1, -0.05) is 6.07 Å². The van der Waals surface area contributed by atoms with Crippen LogP contribution in [0.3, 0.4) is 0 Å². The minimum absolute atomic E-state index is 0.0101. The molecule has 0 fully saturated rings. The summed E-state index contributed by atoms with van der Waals surface area (Å²) in [6.45, 7) is 1.67. The van der Waals surface area contributed by atoms with Crippen LogP contribution in [0, 0.1) is 0 Å². The summed E-state index contributed by atoms with van der Waals surface area (Å²) in [6, 6.07) is 3.85. The predicted octanol–water partition coefficient (Wildman–Crippen LogP) is 3.08. The number of carboxylic acids is 1. The fourth-order valence-corrected chi connectivity index (χ4v) is 1.78. The van der Waals surface area contributed by atoms with Crippen LogP contribution in [-0.4, -0.2) is 23.0 Å². The number of alkyl halides is 3. The standard InChI is InChI=1S/C14H16F3NO3/c1-9(4-2-7-12(19)20)18-13(21)10-5-3-6-11(8-10)14(15,16)17/h3,5-6,8-9H,2,4,7H2,1H3,(H,18,21)(H,19,20). The molecule has 0 heterocycles. The van der Waals surface area contributed by atoms with E-state index in [-0.39, 0.29) is 18.0 Å². The lowest BCUT2D eigenvalue weighted by molar-refractivity contribution is -0.138. The fourth-order valence-electron chi connectivity index (χ4n) is 1.78. The minimum atomic E-state index is -4.50. The highest BCUT2D eigenvalue weighted by Crippen LogP contribution is 2.29. The van der Waals surface area contributed by atoms with E-state index in [0.717, 1.165) is 12.1 Å². The number of hydrogen-bond donors (Lipinski definition) is 2. The Morgan fingerprint density at radius 3 is 2.57 bits per heavy atom. The van der Waals surface area contributed by atoms with Gasteiger partial charge in [0.25, 0.3) is 5.91 Å². The largest absolute Gasteiger partial charge is 0.481 e. The van der Waals surface area contributed by atoms with Gasteiger partial charge in [-0.3, -0.25) is 9.59 Å². The molecule has 0 aromatic heterocycles. The van der Waals surface area contributed by atoms with Gasteiger partial charge in [0.05, 0.1) is 5.56 Å². The van der Waals surface area contributed by atoms with Crippen LogP contribution in [0.25, 0.3) is 0 Å². The Bertz CT molecular complexity index is 514. The van der Waals surface area contributed by atoms with Crippen LogP contribution in [-0.2, 0) is 11.0 Å². The van der Waals surface area contributed by atoms with Crippen LogP contribution >= 0.6 is 0 Å². The third-order valence-corrected chi connectivity index (χ3v) is 2.86. The SMILES string of the molecule is CC(CCCC(=O)O)NC(=O)c1cccc(C(F)(F)F)c1. The molecular formula is C14H16F3NO3. The molecule has 4 nitrogen and oxygen atoms in total. The zero-order chi connectivity index (χ0) is 16.0. The van der Waals surface area contributed by atoms with Crippen molar-refractivity contribution in [2.75, 3.05) is 0 Å². The zero-order valence-corrected chi connectivity index (χ0v) is 11.4. The summed E-state index contributed by atoms with van der Waals surface area (Å²) in [7, 11) is 0. The number of hydrogen-bond acceptors (Lipinski definition) is 2. The van der Waals surface area contributed by atoms with E-state index >= 15 is 0 Å². The Morgan fingerprint density at radius 2 is 2.00 bits per heavy atom. The van der Waals surface area contributed by atoms with E-state index in [0.29, 0.717) is 12.8 Å². The first-order valence-electron chi connectivity index (χ1n) is 6.40. The molecule has 0 aliphatic rings. The molecule has 0 radical (unpaired) electrons. The molecule has 1 atom stereocenters. The van der Waals surface area contributed by atoms with Crippen LogP contribution in [0.2, 0.25) is 0 Å². The van der Waals surface area contributed by atoms with Gasteiger partial charge in [0.1, 0.15) is 0 Å². The van der Waals surface area contributed by atoms with Crippen LogP contribution in [0.15, 0.2) is 24.3 Å². The Morgan fingerprint density at radius 1 is 1.33 bits per heavy atom. The number of carbonyl (C=O) groups excluding carboxylic acids is 1. The van der Waals surface area contributed by atoms with E-state index in [4.69, 9.17) is 5.11 Å². The lowest BCUT2D eigenvalue weighted by atomic mass is 10.1. The molecule has 1 rings (SSSR count). The minimum Gasteiger partial charge on any atom is -0.481 e.